The number of rotatable bonds is 3. The number of hydrogen-bond acceptors (Lipinski definition) is 3. The predicted octanol–water partition coefficient (Wildman–Crippen LogP) is 2.68. The van der Waals surface area contributed by atoms with E-state index in [0.29, 0.717) is 5.69 Å². The van der Waals surface area contributed by atoms with E-state index in [0.717, 1.165) is 0 Å². The van der Waals surface area contributed by atoms with Crippen LogP contribution in [0.15, 0.2) is 36.5 Å². The standard InChI is InChI=1S/C16H17FN4O/c1-16(2,3)14(10-18)19-15(22)13-7-8-21(20-13)12-6-4-5-11(17)9-12/h4-9,14H,1-3H3,(H,19,22). The first-order valence-electron chi connectivity index (χ1n) is 6.83. The summed E-state index contributed by atoms with van der Waals surface area (Å²) in [5.74, 6) is -0.812. The zero-order chi connectivity index (χ0) is 16.3. The van der Waals surface area contributed by atoms with Gasteiger partial charge in [-0.15, -0.1) is 0 Å². The lowest BCUT2D eigenvalue weighted by Crippen LogP contribution is -2.42. The van der Waals surface area contributed by atoms with Gasteiger partial charge in [0.2, 0.25) is 0 Å². The van der Waals surface area contributed by atoms with Crippen molar-refractivity contribution in [3.8, 4) is 11.8 Å². The Balaban J connectivity index is 2.18. The highest BCUT2D eigenvalue weighted by Crippen LogP contribution is 2.19. The van der Waals surface area contributed by atoms with Crippen LogP contribution in [-0.2, 0) is 0 Å². The summed E-state index contributed by atoms with van der Waals surface area (Å²) in [6.07, 6.45) is 1.57. The van der Waals surface area contributed by atoms with E-state index in [1.807, 2.05) is 20.8 Å². The van der Waals surface area contributed by atoms with Crippen molar-refractivity contribution in [3.63, 3.8) is 0 Å². The van der Waals surface area contributed by atoms with Gasteiger partial charge in [-0.25, -0.2) is 9.07 Å². The SMILES string of the molecule is CC(C)(C)C(C#N)NC(=O)c1ccn(-c2cccc(F)c2)n1. The van der Waals surface area contributed by atoms with E-state index in [2.05, 4.69) is 16.5 Å². The van der Waals surface area contributed by atoms with E-state index in [1.54, 1.807) is 18.3 Å². The van der Waals surface area contributed by atoms with Gasteiger partial charge in [-0.1, -0.05) is 26.8 Å². The number of hydrogen-bond donors (Lipinski definition) is 1. The average molecular weight is 300 g/mol. The van der Waals surface area contributed by atoms with Crippen LogP contribution in [-0.4, -0.2) is 21.7 Å². The van der Waals surface area contributed by atoms with E-state index >= 15 is 0 Å². The normalized spacial score (nSPS) is 12.5. The van der Waals surface area contributed by atoms with Gasteiger partial charge in [-0.2, -0.15) is 10.4 Å². The molecule has 1 heterocycles. The molecule has 0 aliphatic carbocycles. The number of aromatic nitrogens is 2. The van der Waals surface area contributed by atoms with Crippen molar-refractivity contribution in [2.75, 3.05) is 0 Å². The van der Waals surface area contributed by atoms with Crippen molar-refractivity contribution in [2.45, 2.75) is 26.8 Å². The molecule has 1 N–H and O–H groups in total. The lowest BCUT2D eigenvalue weighted by molar-refractivity contribution is 0.0916. The van der Waals surface area contributed by atoms with E-state index in [1.165, 1.54) is 22.9 Å². The molecule has 114 valence electrons. The molecule has 0 fully saturated rings. The van der Waals surface area contributed by atoms with Gasteiger partial charge < -0.3 is 5.32 Å². The Labute approximate surface area is 128 Å². The summed E-state index contributed by atoms with van der Waals surface area (Å²) in [7, 11) is 0. The van der Waals surface area contributed by atoms with Crippen molar-refractivity contribution < 1.29 is 9.18 Å². The van der Waals surface area contributed by atoms with Gasteiger partial charge in [0.15, 0.2) is 5.69 Å². The van der Waals surface area contributed by atoms with Gasteiger partial charge >= 0.3 is 0 Å². The largest absolute Gasteiger partial charge is 0.334 e. The van der Waals surface area contributed by atoms with E-state index in [9.17, 15) is 9.18 Å². The van der Waals surface area contributed by atoms with Crippen molar-refractivity contribution in [1.82, 2.24) is 15.1 Å². The van der Waals surface area contributed by atoms with Crippen molar-refractivity contribution in [3.05, 3.63) is 48.0 Å². The first-order chi connectivity index (χ1) is 10.3. The van der Waals surface area contributed by atoms with Gasteiger partial charge in [0, 0.05) is 6.20 Å². The second kappa shape index (κ2) is 5.98. The minimum absolute atomic E-state index is 0.175. The van der Waals surface area contributed by atoms with Gasteiger partial charge in [0.1, 0.15) is 11.9 Å². The van der Waals surface area contributed by atoms with Crippen molar-refractivity contribution >= 4 is 5.91 Å². The molecule has 0 bridgehead atoms. The van der Waals surface area contributed by atoms with Gasteiger partial charge in [0.05, 0.1) is 11.8 Å². The first kappa shape index (κ1) is 15.7. The maximum absolute atomic E-state index is 13.2. The summed E-state index contributed by atoms with van der Waals surface area (Å²) in [4.78, 5) is 12.2. The van der Waals surface area contributed by atoms with Crippen LogP contribution in [0.3, 0.4) is 0 Å². The number of halogens is 1. The molecule has 0 saturated heterocycles. The number of amides is 1. The summed E-state index contributed by atoms with van der Waals surface area (Å²) in [6, 6.07) is 8.88. The third kappa shape index (κ3) is 3.50. The molecule has 0 saturated carbocycles. The molecule has 2 rings (SSSR count). The molecular weight excluding hydrogens is 283 g/mol. The molecule has 1 amide bonds. The molecular formula is C16H17FN4O. The number of nitriles is 1. The monoisotopic (exact) mass is 300 g/mol. The van der Waals surface area contributed by atoms with Crippen LogP contribution in [0.5, 0.6) is 0 Å². The van der Waals surface area contributed by atoms with Crippen LogP contribution >= 0.6 is 0 Å². The maximum atomic E-state index is 13.2. The summed E-state index contributed by atoms with van der Waals surface area (Å²) >= 11 is 0. The quantitative estimate of drug-likeness (QED) is 0.947. The molecule has 0 spiro atoms. The molecule has 1 aromatic heterocycles. The molecule has 6 heteroatoms. The Kier molecular flexibility index (Phi) is 4.27. The van der Waals surface area contributed by atoms with Gasteiger partial charge in [-0.3, -0.25) is 4.79 Å². The Bertz CT molecular complexity index is 724. The molecule has 0 aliphatic rings. The number of nitrogens with zero attached hydrogens (tertiary/aromatic N) is 3. The van der Waals surface area contributed by atoms with Crippen LogP contribution in [0.2, 0.25) is 0 Å². The van der Waals surface area contributed by atoms with Crippen molar-refractivity contribution in [2.24, 2.45) is 5.41 Å². The van der Waals surface area contributed by atoms with E-state index in [-0.39, 0.29) is 16.9 Å². The third-order valence-corrected chi connectivity index (χ3v) is 3.17. The molecule has 1 aromatic carbocycles. The lowest BCUT2D eigenvalue weighted by atomic mass is 9.87. The van der Waals surface area contributed by atoms with Gasteiger partial charge in [0.25, 0.3) is 5.91 Å². The molecule has 0 radical (unpaired) electrons. The van der Waals surface area contributed by atoms with Gasteiger partial charge in [-0.05, 0) is 29.7 Å². The number of carbonyl (C=O) groups is 1. The molecule has 1 unspecified atom stereocenters. The molecule has 2 aromatic rings. The fourth-order valence-electron chi connectivity index (χ4n) is 1.85. The number of carbonyl (C=O) groups excluding carboxylic acids is 1. The Morgan fingerprint density at radius 3 is 2.73 bits per heavy atom. The highest BCUT2D eigenvalue weighted by atomic mass is 19.1. The van der Waals surface area contributed by atoms with Crippen LogP contribution in [0.4, 0.5) is 4.39 Å². The Morgan fingerprint density at radius 1 is 1.41 bits per heavy atom. The molecule has 22 heavy (non-hydrogen) atoms. The highest BCUT2D eigenvalue weighted by molar-refractivity contribution is 5.92. The molecule has 0 aliphatic heterocycles. The third-order valence-electron chi connectivity index (χ3n) is 3.17. The fourth-order valence-corrected chi connectivity index (χ4v) is 1.85. The fraction of sp³-hybridized carbons (Fsp3) is 0.312. The number of nitrogens with one attached hydrogen (secondary N) is 1. The van der Waals surface area contributed by atoms with E-state index in [4.69, 9.17) is 5.26 Å². The lowest BCUT2D eigenvalue weighted by Gasteiger charge is -2.25. The van der Waals surface area contributed by atoms with Crippen LogP contribution < -0.4 is 5.32 Å². The first-order valence-corrected chi connectivity index (χ1v) is 6.83. The smallest absolute Gasteiger partial charge is 0.272 e. The van der Waals surface area contributed by atoms with Crippen LogP contribution in [0.25, 0.3) is 5.69 Å². The minimum atomic E-state index is -0.626. The molecule has 1 atom stereocenters. The summed E-state index contributed by atoms with van der Waals surface area (Å²) in [6.45, 7) is 5.60. The summed E-state index contributed by atoms with van der Waals surface area (Å²) in [5, 5.41) is 15.9. The predicted molar refractivity (Wildman–Crippen MR) is 79.8 cm³/mol. The van der Waals surface area contributed by atoms with Crippen LogP contribution in [0, 0.1) is 22.6 Å². The Morgan fingerprint density at radius 2 is 2.14 bits per heavy atom. The second-order valence-electron chi connectivity index (χ2n) is 6.03. The summed E-state index contributed by atoms with van der Waals surface area (Å²) in [5.41, 5.74) is 0.315. The highest BCUT2D eigenvalue weighted by Gasteiger charge is 2.27. The summed E-state index contributed by atoms with van der Waals surface area (Å²) < 4.78 is 14.6. The Hall–Kier alpha value is -2.68. The topological polar surface area (TPSA) is 70.7 Å². The zero-order valence-corrected chi connectivity index (χ0v) is 12.7. The van der Waals surface area contributed by atoms with E-state index < -0.39 is 11.9 Å². The second-order valence-corrected chi connectivity index (χ2v) is 6.03. The van der Waals surface area contributed by atoms with Crippen molar-refractivity contribution in [1.29, 1.82) is 5.26 Å². The maximum Gasteiger partial charge on any atom is 0.272 e. The zero-order valence-electron chi connectivity index (χ0n) is 12.7. The molecule has 5 nitrogen and oxygen atoms in total. The van der Waals surface area contributed by atoms with Crippen LogP contribution in [0.1, 0.15) is 31.3 Å². The number of benzene rings is 1. The minimum Gasteiger partial charge on any atom is -0.334 e. The average Bonchev–Trinajstić information content (AvgIpc) is 2.93.